The molecule has 0 N–H and O–H groups in total. The van der Waals surface area contributed by atoms with Crippen molar-refractivity contribution in [1.82, 2.24) is 0 Å². The molecule has 0 amide bonds. The molecule has 0 bridgehead atoms. The van der Waals surface area contributed by atoms with Crippen LogP contribution in [0.2, 0.25) is 0 Å². The molecule has 0 saturated carbocycles. The molecule has 0 aliphatic heterocycles. The van der Waals surface area contributed by atoms with E-state index in [9.17, 15) is 0 Å². The Hall–Kier alpha value is -2.12. The third-order valence-electron chi connectivity index (χ3n) is 5.60. The standard InChI is InChI=1S/C27H33Si/c1-19(2)22-7-13-25(14-8-22)28(26-15-9-23(10-16-26)20(3)4)27-17-11-24(12-18-27)21(5)6/h7-21H,1-6H3. The van der Waals surface area contributed by atoms with Crippen LogP contribution >= 0.6 is 0 Å². The maximum atomic E-state index is 2.36. The molecular formula is C27H33Si. The number of rotatable bonds is 6. The summed E-state index contributed by atoms with van der Waals surface area (Å²) in [5, 5.41) is 4.39. The van der Waals surface area contributed by atoms with Crippen LogP contribution in [0.5, 0.6) is 0 Å². The average Bonchev–Trinajstić information content (AvgIpc) is 2.69. The topological polar surface area (TPSA) is 0 Å². The molecule has 1 radical (unpaired) electrons. The second-order valence-corrected chi connectivity index (χ2v) is 11.2. The van der Waals surface area contributed by atoms with Gasteiger partial charge in [-0.15, -0.1) is 0 Å². The summed E-state index contributed by atoms with van der Waals surface area (Å²) in [4.78, 5) is 0. The van der Waals surface area contributed by atoms with Gasteiger partial charge in [0.25, 0.3) is 0 Å². The van der Waals surface area contributed by atoms with Gasteiger partial charge < -0.3 is 0 Å². The molecule has 0 aliphatic rings. The Balaban J connectivity index is 2.04. The fourth-order valence-electron chi connectivity index (χ4n) is 3.60. The second-order valence-electron chi connectivity index (χ2n) is 8.71. The summed E-state index contributed by atoms with van der Waals surface area (Å²) >= 11 is 0. The van der Waals surface area contributed by atoms with Crippen molar-refractivity contribution in [2.24, 2.45) is 0 Å². The lowest BCUT2D eigenvalue weighted by Crippen LogP contribution is -2.52. The van der Waals surface area contributed by atoms with E-state index in [4.69, 9.17) is 0 Å². The minimum Gasteiger partial charge on any atom is -0.0621 e. The van der Waals surface area contributed by atoms with Crippen LogP contribution in [0.15, 0.2) is 72.8 Å². The molecule has 0 heterocycles. The summed E-state index contributed by atoms with van der Waals surface area (Å²) in [5.41, 5.74) is 4.24. The molecule has 3 aromatic rings. The lowest BCUT2D eigenvalue weighted by molar-refractivity contribution is 0.867. The number of hydrogen-bond donors (Lipinski definition) is 0. The molecule has 28 heavy (non-hydrogen) atoms. The van der Waals surface area contributed by atoms with Gasteiger partial charge in [-0.1, -0.05) is 130 Å². The Bertz CT molecular complexity index is 747. The van der Waals surface area contributed by atoms with Crippen molar-refractivity contribution in [3.8, 4) is 0 Å². The summed E-state index contributed by atoms with van der Waals surface area (Å²) in [6.45, 7) is 13.6. The first-order valence-corrected chi connectivity index (χ1v) is 12.0. The SMILES string of the molecule is CC(C)c1ccc([Si](c2ccc(C(C)C)cc2)c2ccc(C(C)C)cc2)cc1. The molecule has 0 nitrogen and oxygen atoms in total. The van der Waals surface area contributed by atoms with Crippen molar-refractivity contribution in [1.29, 1.82) is 0 Å². The van der Waals surface area contributed by atoms with E-state index < -0.39 is 8.80 Å². The molecular weight excluding hydrogens is 352 g/mol. The first-order valence-electron chi connectivity index (χ1n) is 10.5. The highest BCUT2D eigenvalue weighted by Gasteiger charge is 2.20. The Morgan fingerprint density at radius 2 is 0.607 bits per heavy atom. The van der Waals surface area contributed by atoms with E-state index in [-0.39, 0.29) is 0 Å². The highest BCUT2D eigenvalue weighted by atomic mass is 28.3. The van der Waals surface area contributed by atoms with Gasteiger partial charge in [0.1, 0.15) is 0 Å². The second kappa shape index (κ2) is 8.92. The predicted molar refractivity (Wildman–Crippen MR) is 126 cm³/mol. The zero-order valence-corrected chi connectivity index (χ0v) is 19.2. The molecule has 0 saturated heterocycles. The first-order chi connectivity index (χ1) is 13.4. The molecule has 3 rings (SSSR count). The fourth-order valence-corrected chi connectivity index (χ4v) is 6.10. The molecule has 3 aromatic carbocycles. The normalized spacial score (nSPS) is 11.8. The van der Waals surface area contributed by atoms with Crippen LogP contribution in [0.3, 0.4) is 0 Å². The maximum Gasteiger partial charge on any atom is 0.154 e. The summed E-state index contributed by atoms with van der Waals surface area (Å²) in [5.74, 6) is 1.71. The van der Waals surface area contributed by atoms with Crippen LogP contribution < -0.4 is 15.6 Å². The first kappa shape index (κ1) is 20.6. The zero-order valence-electron chi connectivity index (χ0n) is 18.2. The van der Waals surface area contributed by atoms with Gasteiger partial charge in [0.2, 0.25) is 0 Å². The smallest absolute Gasteiger partial charge is 0.0621 e. The summed E-state index contributed by atoms with van der Waals surface area (Å²) in [6.07, 6.45) is 0. The van der Waals surface area contributed by atoms with Crippen molar-refractivity contribution < 1.29 is 0 Å². The monoisotopic (exact) mass is 385 g/mol. The summed E-state index contributed by atoms with van der Waals surface area (Å²) in [6, 6.07) is 28.0. The van der Waals surface area contributed by atoms with E-state index in [0.29, 0.717) is 17.8 Å². The van der Waals surface area contributed by atoms with Crippen LogP contribution in [-0.4, -0.2) is 8.80 Å². The van der Waals surface area contributed by atoms with Crippen molar-refractivity contribution in [2.75, 3.05) is 0 Å². The van der Waals surface area contributed by atoms with E-state index in [2.05, 4.69) is 114 Å². The van der Waals surface area contributed by atoms with E-state index in [1.807, 2.05) is 0 Å². The predicted octanol–water partition coefficient (Wildman–Crippen LogP) is 5.57. The van der Waals surface area contributed by atoms with Gasteiger partial charge in [-0.05, 0) is 34.4 Å². The molecule has 0 fully saturated rings. The minimum absolute atomic E-state index is 0.570. The zero-order chi connectivity index (χ0) is 20.3. The quantitative estimate of drug-likeness (QED) is 0.384. The maximum absolute atomic E-state index is 2.36. The third-order valence-corrected chi connectivity index (χ3v) is 8.33. The van der Waals surface area contributed by atoms with Gasteiger partial charge >= 0.3 is 0 Å². The Morgan fingerprint density at radius 3 is 0.786 bits per heavy atom. The van der Waals surface area contributed by atoms with Crippen molar-refractivity contribution in [2.45, 2.75) is 59.3 Å². The summed E-state index contributed by atoms with van der Waals surface area (Å²) < 4.78 is 0. The molecule has 145 valence electrons. The van der Waals surface area contributed by atoms with Crippen LogP contribution in [0, 0.1) is 0 Å². The third kappa shape index (κ3) is 4.64. The van der Waals surface area contributed by atoms with Crippen LogP contribution in [0.25, 0.3) is 0 Å². The van der Waals surface area contributed by atoms with E-state index in [0.717, 1.165) is 0 Å². The van der Waals surface area contributed by atoms with Gasteiger partial charge in [-0.25, -0.2) is 0 Å². The lowest BCUT2D eigenvalue weighted by Gasteiger charge is -2.19. The van der Waals surface area contributed by atoms with Crippen molar-refractivity contribution in [3.63, 3.8) is 0 Å². The van der Waals surface area contributed by atoms with Crippen LogP contribution in [0.4, 0.5) is 0 Å². The van der Waals surface area contributed by atoms with E-state index >= 15 is 0 Å². The minimum atomic E-state index is -1.00. The van der Waals surface area contributed by atoms with Gasteiger partial charge in [-0.3, -0.25) is 0 Å². The van der Waals surface area contributed by atoms with E-state index in [1.165, 1.54) is 32.3 Å². The molecule has 0 unspecified atom stereocenters. The highest BCUT2D eigenvalue weighted by molar-refractivity contribution is 6.95. The van der Waals surface area contributed by atoms with Gasteiger partial charge in [0.15, 0.2) is 8.80 Å². The van der Waals surface area contributed by atoms with Gasteiger partial charge in [0, 0.05) is 0 Å². The fraction of sp³-hybridized carbons (Fsp3) is 0.333. The largest absolute Gasteiger partial charge is 0.154 e. The molecule has 0 aliphatic carbocycles. The lowest BCUT2D eigenvalue weighted by atomic mass is 10.0. The van der Waals surface area contributed by atoms with Gasteiger partial charge in [0.05, 0.1) is 0 Å². The van der Waals surface area contributed by atoms with E-state index in [1.54, 1.807) is 0 Å². The number of hydrogen-bond acceptors (Lipinski definition) is 0. The van der Waals surface area contributed by atoms with Crippen LogP contribution in [-0.2, 0) is 0 Å². The van der Waals surface area contributed by atoms with Crippen LogP contribution in [0.1, 0.15) is 76.0 Å². The number of benzene rings is 3. The Morgan fingerprint density at radius 1 is 0.393 bits per heavy atom. The Labute approximate surface area is 173 Å². The highest BCUT2D eigenvalue weighted by Crippen LogP contribution is 2.15. The molecule has 1 heteroatoms. The average molecular weight is 386 g/mol. The molecule has 0 atom stereocenters. The van der Waals surface area contributed by atoms with Crippen molar-refractivity contribution in [3.05, 3.63) is 89.5 Å². The molecule has 0 aromatic heterocycles. The Kier molecular flexibility index (Phi) is 6.56. The summed E-state index contributed by atoms with van der Waals surface area (Å²) in [7, 11) is -1.00. The molecule has 0 spiro atoms. The van der Waals surface area contributed by atoms with Crippen molar-refractivity contribution >= 4 is 24.4 Å². The van der Waals surface area contributed by atoms with Gasteiger partial charge in [-0.2, -0.15) is 0 Å².